The van der Waals surface area contributed by atoms with Crippen LogP contribution in [0.25, 0.3) is 16.5 Å². The predicted molar refractivity (Wildman–Crippen MR) is 96.0 cm³/mol. The van der Waals surface area contributed by atoms with Gasteiger partial charge in [0, 0.05) is 35.8 Å². The molecule has 0 amide bonds. The molecule has 3 aromatic rings. The maximum Gasteiger partial charge on any atom is 0.249 e. The lowest BCUT2D eigenvalue weighted by Gasteiger charge is -2.26. The van der Waals surface area contributed by atoms with E-state index >= 15 is 0 Å². The lowest BCUT2D eigenvalue weighted by molar-refractivity contribution is 0.428. The number of aromatic amines is 1. The maximum atomic E-state index is 13.9. The largest absolute Gasteiger partial charge is 0.361 e. The smallest absolute Gasteiger partial charge is 0.249 e. The van der Waals surface area contributed by atoms with Crippen LogP contribution in [0.4, 0.5) is 8.78 Å². The summed E-state index contributed by atoms with van der Waals surface area (Å²) in [5, 5.41) is 1.07. The predicted octanol–water partition coefficient (Wildman–Crippen LogP) is 3.92. The monoisotopic (exact) mass is 374 g/mol. The van der Waals surface area contributed by atoms with Gasteiger partial charge in [-0.2, -0.15) is 4.31 Å². The molecule has 1 N–H and O–H groups in total. The van der Waals surface area contributed by atoms with E-state index in [4.69, 9.17) is 0 Å². The third-order valence-electron chi connectivity index (χ3n) is 4.62. The summed E-state index contributed by atoms with van der Waals surface area (Å²) in [5.74, 6) is -2.15. The van der Waals surface area contributed by atoms with Gasteiger partial charge in [0.1, 0.15) is 11.6 Å². The van der Waals surface area contributed by atoms with Gasteiger partial charge in [-0.15, -0.1) is 0 Å². The highest BCUT2D eigenvalue weighted by Crippen LogP contribution is 2.31. The van der Waals surface area contributed by atoms with Crippen molar-refractivity contribution in [2.45, 2.75) is 11.3 Å². The molecule has 0 fully saturated rings. The van der Waals surface area contributed by atoms with Gasteiger partial charge in [-0.05, 0) is 30.2 Å². The molecule has 0 bridgehead atoms. The molecular formula is C19H16F2N2O2S. The Morgan fingerprint density at radius 2 is 1.73 bits per heavy atom. The minimum Gasteiger partial charge on any atom is -0.361 e. The molecule has 1 aliphatic rings. The first-order chi connectivity index (χ1) is 12.5. The van der Waals surface area contributed by atoms with E-state index in [2.05, 4.69) is 4.98 Å². The van der Waals surface area contributed by atoms with Gasteiger partial charge < -0.3 is 4.98 Å². The van der Waals surface area contributed by atoms with Crippen molar-refractivity contribution in [2.24, 2.45) is 0 Å². The number of fused-ring (bicyclic) bond motifs is 1. The van der Waals surface area contributed by atoms with Crippen molar-refractivity contribution in [3.63, 3.8) is 0 Å². The molecule has 0 aliphatic carbocycles. The lowest BCUT2D eigenvalue weighted by Crippen LogP contribution is -2.35. The summed E-state index contributed by atoms with van der Waals surface area (Å²) in [6.45, 7) is 0.242. The quantitative estimate of drug-likeness (QED) is 0.755. The summed E-state index contributed by atoms with van der Waals surface area (Å²) in [6, 6.07) is 10.9. The molecule has 1 aliphatic heterocycles. The molecule has 2 aromatic carbocycles. The molecule has 134 valence electrons. The standard InChI is InChI=1S/C19H16F2N2O2S/c20-16-5-3-6-17(21)19(16)26(24,25)23-10-8-13(9-11-23)15-12-22-18-7-2-1-4-14(15)18/h1-8,12,22H,9-11H2. The van der Waals surface area contributed by atoms with Crippen molar-refractivity contribution in [2.75, 3.05) is 13.1 Å². The van der Waals surface area contributed by atoms with Crippen LogP contribution in [0, 0.1) is 11.6 Å². The van der Waals surface area contributed by atoms with Crippen molar-refractivity contribution in [3.8, 4) is 0 Å². The molecule has 0 saturated heterocycles. The number of H-pyrrole nitrogens is 1. The Bertz CT molecular complexity index is 1100. The van der Waals surface area contributed by atoms with Gasteiger partial charge in [-0.1, -0.05) is 30.3 Å². The van der Waals surface area contributed by atoms with Crippen molar-refractivity contribution in [3.05, 3.63) is 71.9 Å². The van der Waals surface area contributed by atoms with Crippen LogP contribution in [0.1, 0.15) is 12.0 Å². The zero-order valence-corrected chi connectivity index (χ0v) is 14.6. The topological polar surface area (TPSA) is 53.2 Å². The molecule has 7 heteroatoms. The Morgan fingerprint density at radius 3 is 2.42 bits per heavy atom. The normalized spacial score (nSPS) is 16.0. The Morgan fingerprint density at radius 1 is 1.00 bits per heavy atom. The fraction of sp³-hybridized carbons (Fsp3) is 0.158. The summed E-state index contributed by atoms with van der Waals surface area (Å²) in [7, 11) is -4.23. The summed E-state index contributed by atoms with van der Waals surface area (Å²) in [5.41, 5.74) is 3.05. The van der Waals surface area contributed by atoms with E-state index in [1.807, 2.05) is 30.5 Å². The summed E-state index contributed by atoms with van der Waals surface area (Å²) in [4.78, 5) is 2.31. The second kappa shape index (κ2) is 6.34. The van der Waals surface area contributed by atoms with E-state index in [1.165, 1.54) is 0 Å². The molecule has 4 rings (SSSR count). The minimum absolute atomic E-state index is 0.0744. The third-order valence-corrected chi connectivity index (χ3v) is 6.54. The summed E-state index contributed by atoms with van der Waals surface area (Å²) in [6.07, 6.45) is 4.17. The van der Waals surface area contributed by atoms with Crippen molar-refractivity contribution in [1.82, 2.24) is 9.29 Å². The fourth-order valence-corrected chi connectivity index (χ4v) is 4.80. The Balaban J connectivity index is 1.65. The Hall–Kier alpha value is -2.51. The SMILES string of the molecule is O=S(=O)(c1c(F)cccc1F)N1CC=C(c2c[nH]c3ccccc23)CC1. The van der Waals surface area contributed by atoms with Gasteiger partial charge in [0.05, 0.1) is 0 Å². The van der Waals surface area contributed by atoms with Gasteiger partial charge in [0.2, 0.25) is 10.0 Å². The number of benzene rings is 2. The first kappa shape index (κ1) is 16.9. The van der Waals surface area contributed by atoms with E-state index in [-0.39, 0.29) is 13.1 Å². The van der Waals surface area contributed by atoms with Gasteiger partial charge in [0.15, 0.2) is 4.90 Å². The third kappa shape index (κ3) is 2.73. The number of hydrogen-bond donors (Lipinski definition) is 1. The van der Waals surface area contributed by atoms with E-state index in [0.29, 0.717) is 6.42 Å². The number of hydrogen-bond acceptors (Lipinski definition) is 2. The molecule has 0 spiro atoms. The average Bonchev–Trinajstić information content (AvgIpc) is 3.05. The van der Waals surface area contributed by atoms with E-state index in [0.717, 1.165) is 44.5 Å². The molecule has 4 nitrogen and oxygen atoms in total. The first-order valence-corrected chi connectivity index (χ1v) is 9.62. The number of aromatic nitrogens is 1. The second-order valence-electron chi connectivity index (χ2n) is 6.14. The zero-order chi connectivity index (χ0) is 18.3. The average molecular weight is 374 g/mol. The molecule has 0 unspecified atom stereocenters. The fourth-order valence-electron chi connectivity index (χ4n) is 3.31. The number of sulfonamides is 1. The number of para-hydroxylation sites is 1. The van der Waals surface area contributed by atoms with Crippen LogP contribution in [0.3, 0.4) is 0 Å². The number of nitrogens with one attached hydrogen (secondary N) is 1. The molecule has 26 heavy (non-hydrogen) atoms. The second-order valence-corrected chi connectivity index (χ2v) is 8.02. The number of nitrogens with zero attached hydrogens (tertiary/aromatic N) is 1. The van der Waals surface area contributed by atoms with Crippen LogP contribution in [0.2, 0.25) is 0 Å². The summed E-state index contributed by atoms with van der Waals surface area (Å²) >= 11 is 0. The van der Waals surface area contributed by atoms with Crippen molar-refractivity contribution < 1.29 is 17.2 Å². The first-order valence-electron chi connectivity index (χ1n) is 8.18. The van der Waals surface area contributed by atoms with Crippen LogP contribution in [0.5, 0.6) is 0 Å². The number of halogens is 2. The van der Waals surface area contributed by atoms with Crippen molar-refractivity contribution >= 4 is 26.5 Å². The molecule has 0 saturated carbocycles. The minimum atomic E-state index is -4.23. The van der Waals surface area contributed by atoms with Crippen molar-refractivity contribution in [1.29, 1.82) is 0 Å². The highest BCUT2D eigenvalue weighted by Gasteiger charge is 2.31. The lowest BCUT2D eigenvalue weighted by atomic mass is 10.00. The van der Waals surface area contributed by atoms with Crippen LogP contribution in [-0.4, -0.2) is 30.8 Å². The van der Waals surface area contributed by atoms with E-state index in [1.54, 1.807) is 6.08 Å². The zero-order valence-electron chi connectivity index (χ0n) is 13.7. The van der Waals surface area contributed by atoms with Crippen LogP contribution < -0.4 is 0 Å². The highest BCUT2D eigenvalue weighted by molar-refractivity contribution is 7.89. The molecule has 0 atom stereocenters. The molecular weight excluding hydrogens is 358 g/mol. The van der Waals surface area contributed by atoms with Crippen LogP contribution in [-0.2, 0) is 10.0 Å². The summed E-state index contributed by atoms with van der Waals surface area (Å²) < 4.78 is 54.2. The van der Waals surface area contributed by atoms with Gasteiger partial charge in [0.25, 0.3) is 0 Å². The Kier molecular flexibility index (Phi) is 4.13. The highest BCUT2D eigenvalue weighted by atomic mass is 32.2. The van der Waals surface area contributed by atoms with Gasteiger partial charge in [-0.3, -0.25) is 0 Å². The van der Waals surface area contributed by atoms with Gasteiger partial charge >= 0.3 is 0 Å². The van der Waals surface area contributed by atoms with Gasteiger partial charge in [-0.25, -0.2) is 17.2 Å². The van der Waals surface area contributed by atoms with E-state index in [9.17, 15) is 17.2 Å². The molecule has 2 heterocycles. The van der Waals surface area contributed by atoms with E-state index < -0.39 is 26.6 Å². The maximum absolute atomic E-state index is 13.9. The number of rotatable bonds is 3. The van der Waals surface area contributed by atoms with Crippen LogP contribution >= 0.6 is 0 Å². The van der Waals surface area contributed by atoms with Crippen LogP contribution in [0.15, 0.2) is 59.6 Å². The molecule has 1 aromatic heterocycles. The molecule has 0 radical (unpaired) electrons. The Labute approximate surface area is 149 Å².